The zero-order chi connectivity index (χ0) is 12.1. The van der Waals surface area contributed by atoms with E-state index >= 15 is 0 Å². The Balaban J connectivity index is 2.15. The summed E-state index contributed by atoms with van der Waals surface area (Å²) in [5.41, 5.74) is 2.43. The van der Waals surface area contributed by atoms with Crippen LogP contribution in [0.15, 0.2) is 34.9 Å². The van der Waals surface area contributed by atoms with Gasteiger partial charge in [0.05, 0.1) is 6.20 Å². The van der Waals surface area contributed by atoms with E-state index in [0.29, 0.717) is 18.2 Å². The van der Waals surface area contributed by atoms with Crippen molar-refractivity contribution in [2.45, 2.75) is 26.2 Å². The highest BCUT2D eigenvalue weighted by Gasteiger charge is 2.05. The second-order valence-electron chi connectivity index (χ2n) is 4.00. The lowest BCUT2D eigenvalue weighted by molar-refractivity contribution is 0.515. The molecule has 0 spiro atoms. The molecule has 0 saturated heterocycles. The molecule has 90 valence electrons. The third kappa shape index (κ3) is 3.10. The van der Waals surface area contributed by atoms with Crippen LogP contribution in [0.25, 0.3) is 11.3 Å². The molecule has 0 bridgehead atoms. The molecule has 1 aromatic heterocycles. The zero-order valence-corrected chi connectivity index (χ0v) is 10.7. The Hall–Kier alpha value is -1.28. The minimum atomic E-state index is 0.537. The Labute approximate surface area is 107 Å². The third-order valence-electron chi connectivity index (χ3n) is 2.64. The minimum Gasteiger partial charge on any atom is -0.441 e. The predicted molar refractivity (Wildman–Crippen MR) is 70.4 cm³/mol. The first-order chi connectivity index (χ1) is 8.33. The smallest absolute Gasteiger partial charge is 0.196 e. The average molecular weight is 250 g/mol. The van der Waals surface area contributed by atoms with Gasteiger partial charge in [-0.3, -0.25) is 0 Å². The number of benzene rings is 1. The maximum Gasteiger partial charge on any atom is 0.196 e. The molecule has 0 radical (unpaired) electrons. The van der Waals surface area contributed by atoms with E-state index in [-0.39, 0.29) is 0 Å². The maximum absolute atomic E-state index is 5.65. The van der Waals surface area contributed by atoms with Crippen LogP contribution in [-0.4, -0.2) is 10.9 Å². The quantitative estimate of drug-likeness (QED) is 0.747. The summed E-state index contributed by atoms with van der Waals surface area (Å²) in [4.78, 5) is 4.19. The number of hydrogen-bond acceptors (Lipinski definition) is 2. The van der Waals surface area contributed by atoms with E-state index in [1.165, 1.54) is 12.0 Å². The fraction of sp³-hybridized carbons (Fsp3) is 0.357. The summed E-state index contributed by atoms with van der Waals surface area (Å²) in [6, 6.07) is 8.44. The van der Waals surface area contributed by atoms with Gasteiger partial charge in [0.15, 0.2) is 11.7 Å². The van der Waals surface area contributed by atoms with Crippen molar-refractivity contribution < 1.29 is 4.42 Å². The Morgan fingerprint density at radius 1 is 1.18 bits per heavy atom. The summed E-state index contributed by atoms with van der Waals surface area (Å²) in [7, 11) is 0. The largest absolute Gasteiger partial charge is 0.441 e. The van der Waals surface area contributed by atoms with E-state index in [0.717, 1.165) is 17.7 Å². The van der Waals surface area contributed by atoms with E-state index in [2.05, 4.69) is 36.2 Å². The first-order valence-electron chi connectivity index (χ1n) is 5.93. The van der Waals surface area contributed by atoms with Crippen LogP contribution < -0.4 is 0 Å². The summed E-state index contributed by atoms with van der Waals surface area (Å²) >= 11 is 5.65. The van der Waals surface area contributed by atoms with Gasteiger partial charge in [0.1, 0.15) is 0 Å². The molecule has 0 unspecified atom stereocenters. The van der Waals surface area contributed by atoms with Crippen LogP contribution in [-0.2, 0) is 12.8 Å². The summed E-state index contributed by atoms with van der Waals surface area (Å²) < 4.78 is 5.61. The normalized spacial score (nSPS) is 10.7. The van der Waals surface area contributed by atoms with Gasteiger partial charge < -0.3 is 4.42 Å². The van der Waals surface area contributed by atoms with E-state index in [4.69, 9.17) is 16.0 Å². The van der Waals surface area contributed by atoms with Crippen molar-refractivity contribution in [3.05, 3.63) is 41.9 Å². The standard InChI is InChI=1S/C14H16ClNO/c1-2-3-11-4-6-12(7-5-11)13-10-16-14(17-13)8-9-15/h4-7,10H,2-3,8-9H2,1H3. The van der Waals surface area contributed by atoms with E-state index in [1.807, 2.05) is 0 Å². The molecule has 0 N–H and O–H groups in total. The molecule has 2 rings (SSSR count). The molecule has 3 heteroatoms. The molecule has 17 heavy (non-hydrogen) atoms. The molecule has 0 saturated carbocycles. The van der Waals surface area contributed by atoms with Crippen LogP contribution in [0.1, 0.15) is 24.8 Å². The molecule has 1 heterocycles. The molecular weight excluding hydrogens is 234 g/mol. The fourth-order valence-corrected chi connectivity index (χ4v) is 1.93. The number of rotatable bonds is 5. The molecule has 0 amide bonds. The Morgan fingerprint density at radius 3 is 2.59 bits per heavy atom. The molecule has 0 atom stereocenters. The number of aromatic nitrogens is 1. The van der Waals surface area contributed by atoms with Crippen molar-refractivity contribution in [1.82, 2.24) is 4.98 Å². The second kappa shape index (κ2) is 5.87. The number of oxazole rings is 1. The average Bonchev–Trinajstić information content (AvgIpc) is 2.80. The third-order valence-corrected chi connectivity index (χ3v) is 2.83. The van der Waals surface area contributed by atoms with E-state index < -0.39 is 0 Å². The minimum absolute atomic E-state index is 0.537. The molecule has 0 fully saturated rings. The summed E-state index contributed by atoms with van der Waals surface area (Å²) in [5, 5.41) is 0. The SMILES string of the molecule is CCCc1ccc(-c2cnc(CCCl)o2)cc1. The first-order valence-corrected chi connectivity index (χ1v) is 6.47. The predicted octanol–water partition coefficient (Wildman–Crippen LogP) is 4.08. The van der Waals surface area contributed by atoms with Crippen LogP contribution >= 0.6 is 11.6 Å². The Bertz CT molecular complexity index is 461. The van der Waals surface area contributed by atoms with Gasteiger partial charge in [-0.15, -0.1) is 11.6 Å². The van der Waals surface area contributed by atoms with Gasteiger partial charge in [0.25, 0.3) is 0 Å². The van der Waals surface area contributed by atoms with Crippen molar-refractivity contribution in [2.24, 2.45) is 0 Å². The topological polar surface area (TPSA) is 26.0 Å². The zero-order valence-electron chi connectivity index (χ0n) is 9.95. The number of hydrogen-bond donors (Lipinski definition) is 0. The van der Waals surface area contributed by atoms with Gasteiger partial charge in [-0.25, -0.2) is 4.98 Å². The Kier molecular flexibility index (Phi) is 4.21. The van der Waals surface area contributed by atoms with Crippen molar-refractivity contribution in [3.8, 4) is 11.3 Å². The summed E-state index contributed by atoms with van der Waals surface area (Å²) in [6.45, 7) is 2.18. The van der Waals surface area contributed by atoms with Crippen LogP contribution in [0.2, 0.25) is 0 Å². The van der Waals surface area contributed by atoms with Crippen LogP contribution in [0.4, 0.5) is 0 Å². The lowest BCUT2D eigenvalue weighted by Crippen LogP contribution is -1.84. The number of alkyl halides is 1. The van der Waals surface area contributed by atoms with Crippen molar-refractivity contribution in [1.29, 1.82) is 0 Å². The molecule has 0 aliphatic rings. The van der Waals surface area contributed by atoms with E-state index in [1.54, 1.807) is 6.20 Å². The van der Waals surface area contributed by atoms with Gasteiger partial charge >= 0.3 is 0 Å². The van der Waals surface area contributed by atoms with Gasteiger partial charge in [-0.05, 0) is 12.0 Å². The fourth-order valence-electron chi connectivity index (χ4n) is 1.76. The highest BCUT2D eigenvalue weighted by Crippen LogP contribution is 2.21. The molecule has 0 aliphatic carbocycles. The highest BCUT2D eigenvalue weighted by molar-refractivity contribution is 6.17. The highest BCUT2D eigenvalue weighted by atomic mass is 35.5. The number of halogens is 1. The molecule has 2 nitrogen and oxygen atoms in total. The van der Waals surface area contributed by atoms with Crippen molar-refractivity contribution in [3.63, 3.8) is 0 Å². The van der Waals surface area contributed by atoms with Crippen LogP contribution in [0.3, 0.4) is 0 Å². The lowest BCUT2D eigenvalue weighted by Gasteiger charge is -2.00. The molecule has 1 aromatic carbocycles. The molecule has 2 aromatic rings. The Morgan fingerprint density at radius 2 is 1.94 bits per heavy atom. The van der Waals surface area contributed by atoms with Crippen LogP contribution in [0.5, 0.6) is 0 Å². The van der Waals surface area contributed by atoms with E-state index in [9.17, 15) is 0 Å². The van der Waals surface area contributed by atoms with Crippen LogP contribution in [0, 0.1) is 0 Å². The summed E-state index contributed by atoms with van der Waals surface area (Å²) in [5.74, 6) is 2.05. The number of aryl methyl sites for hydroxylation is 2. The molecule has 0 aliphatic heterocycles. The van der Waals surface area contributed by atoms with Gasteiger partial charge in [0.2, 0.25) is 0 Å². The maximum atomic E-state index is 5.65. The van der Waals surface area contributed by atoms with Crippen molar-refractivity contribution >= 4 is 11.6 Å². The molecular formula is C14H16ClNO. The summed E-state index contributed by atoms with van der Waals surface area (Å²) in [6.07, 6.45) is 4.72. The monoisotopic (exact) mass is 249 g/mol. The van der Waals surface area contributed by atoms with Gasteiger partial charge in [-0.2, -0.15) is 0 Å². The second-order valence-corrected chi connectivity index (χ2v) is 4.38. The van der Waals surface area contributed by atoms with Crippen molar-refractivity contribution in [2.75, 3.05) is 5.88 Å². The lowest BCUT2D eigenvalue weighted by atomic mass is 10.1. The van der Waals surface area contributed by atoms with Gasteiger partial charge in [0, 0.05) is 17.9 Å². The first kappa shape index (κ1) is 12.2. The number of nitrogens with zero attached hydrogens (tertiary/aromatic N) is 1. The van der Waals surface area contributed by atoms with Gasteiger partial charge in [-0.1, -0.05) is 37.6 Å².